The zero-order chi connectivity index (χ0) is 14.3. The smallest absolute Gasteiger partial charge is 0.359 e. The highest BCUT2D eigenvalue weighted by molar-refractivity contribution is 7.10. The summed E-state index contributed by atoms with van der Waals surface area (Å²) in [5, 5.41) is 1.46. The van der Waals surface area contributed by atoms with Gasteiger partial charge in [-0.1, -0.05) is 6.92 Å². The Morgan fingerprint density at radius 3 is 2.70 bits per heavy atom. The molecule has 0 saturated heterocycles. The van der Waals surface area contributed by atoms with Crippen molar-refractivity contribution in [1.82, 2.24) is 9.97 Å². The standard InChI is InChI=1S/C14H11F3N2S/c1-2-8-3-4-11-12(19-8)10(7-18-11)9-5-6-20-13(9)14(15,16)17/h3-7,18H,2H2,1H3. The van der Waals surface area contributed by atoms with Crippen LogP contribution in [0.2, 0.25) is 0 Å². The maximum Gasteiger partial charge on any atom is 0.426 e. The molecule has 0 radical (unpaired) electrons. The summed E-state index contributed by atoms with van der Waals surface area (Å²) < 4.78 is 39.0. The molecule has 0 aliphatic carbocycles. The Morgan fingerprint density at radius 2 is 2.00 bits per heavy atom. The minimum absolute atomic E-state index is 0.189. The second-order valence-electron chi connectivity index (χ2n) is 4.42. The predicted octanol–water partition coefficient (Wildman–Crippen LogP) is 4.87. The molecule has 104 valence electrons. The van der Waals surface area contributed by atoms with Gasteiger partial charge in [-0.3, -0.25) is 4.98 Å². The first-order valence-electron chi connectivity index (χ1n) is 6.12. The van der Waals surface area contributed by atoms with Gasteiger partial charge in [-0.2, -0.15) is 13.2 Å². The van der Waals surface area contributed by atoms with E-state index in [4.69, 9.17) is 0 Å². The highest BCUT2D eigenvalue weighted by Gasteiger charge is 2.35. The summed E-state index contributed by atoms with van der Waals surface area (Å²) in [5.74, 6) is 0. The lowest BCUT2D eigenvalue weighted by molar-refractivity contribution is -0.133. The van der Waals surface area contributed by atoms with Gasteiger partial charge < -0.3 is 4.98 Å². The van der Waals surface area contributed by atoms with Gasteiger partial charge in [-0.05, 0) is 30.0 Å². The van der Waals surface area contributed by atoms with Gasteiger partial charge in [0.25, 0.3) is 0 Å². The van der Waals surface area contributed by atoms with E-state index in [-0.39, 0.29) is 5.56 Å². The third-order valence-electron chi connectivity index (χ3n) is 3.16. The van der Waals surface area contributed by atoms with Crippen molar-refractivity contribution in [2.75, 3.05) is 0 Å². The van der Waals surface area contributed by atoms with Crippen molar-refractivity contribution in [2.24, 2.45) is 0 Å². The topological polar surface area (TPSA) is 28.7 Å². The summed E-state index contributed by atoms with van der Waals surface area (Å²) in [5.41, 5.74) is 2.89. The third-order valence-corrected chi connectivity index (χ3v) is 4.11. The van der Waals surface area contributed by atoms with Gasteiger partial charge >= 0.3 is 6.18 Å². The van der Waals surface area contributed by atoms with Crippen LogP contribution in [-0.2, 0) is 12.6 Å². The molecular formula is C14H11F3N2S. The molecule has 0 aliphatic heterocycles. The van der Waals surface area contributed by atoms with Crippen LogP contribution < -0.4 is 0 Å². The fourth-order valence-corrected chi connectivity index (χ4v) is 2.96. The number of H-pyrrole nitrogens is 1. The minimum atomic E-state index is -4.34. The van der Waals surface area contributed by atoms with Crippen molar-refractivity contribution < 1.29 is 13.2 Å². The average Bonchev–Trinajstić information content (AvgIpc) is 3.02. The zero-order valence-corrected chi connectivity index (χ0v) is 11.4. The van der Waals surface area contributed by atoms with Crippen LogP contribution in [0.3, 0.4) is 0 Å². The number of aromatic amines is 1. The molecule has 0 bridgehead atoms. The van der Waals surface area contributed by atoms with Crippen LogP contribution in [0, 0.1) is 0 Å². The molecule has 0 saturated carbocycles. The van der Waals surface area contributed by atoms with Crippen LogP contribution in [0.15, 0.2) is 29.8 Å². The van der Waals surface area contributed by atoms with Crippen molar-refractivity contribution >= 4 is 22.4 Å². The molecule has 0 unspecified atom stereocenters. The Morgan fingerprint density at radius 1 is 1.20 bits per heavy atom. The number of hydrogen-bond acceptors (Lipinski definition) is 2. The molecule has 0 fully saturated rings. The Labute approximate surface area is 117 Å². The average molecular weight is 296 g/mol. The van der Waals surface area contributed by atoms with Gasteiger partial charge in [0.1, 0.15) is 4.88 Å². The Kier molecular flexibility index (Phi) is 3.05. The Balaban J connectivity index is 2.23. The van der Waals surface area contributed by atoms with Crippen LogP contribution in [0.25, 0.3) is 22.2 Å². The molecule has 3 aromatic heterocycles. The first-order valence-corrected chi connectivity index (χ1v) is 7.00. The molecule has 0 aromatic carbocycles. The van der Waals surface area contributed by atoms with E-state index in [1.54, 1.807) is 6.20 Å². The number of halogens is 3. The van der Waals surface area contributed by atoms with Gasteiger partial charge in [0.2, 0.25) is 0 Å². The van der Waals surface area contributed by atoms with Crippen LogP contribution in [-0.4, -0.2) is 9.97 Å². The normalized spacial score (nSPS) is 12.2. The van der Waals surface area contributed by atoms with Crippen LogP contribution in [0.4, 0.5) is 13.2 Å². The molecule has 6 heteroatoms. The van der Waals surface area contributed by atoms with Gasteiger partial charge in [-0.25, -0.2) is 0 Å². The maximum atomic E-state index is 13.0. The monoisotopic (exact) mass is 296 g/mol. The first-order chi connectivity index (χ1) is 9.50. The Hall–Kier alpha value is -1.82. The van der Waals surface area contributed by atoms with Gasteiger partial charge in [0.05, 0.1) is 11.0 Å². The third kappa shape index (κ3) is 2.10. The molecule has 3 aromatic rings. The fourth-order valence-electron chi connectivity index (χ4n) is 2.18. The van der Waals surface area contributed by atoms with E-state index in [0.29, 0.717) is 22.4 Å². The number of nitrogens with one attached hydrogen (secondary N) is 1. The van der Waals surface area contributed by atoms with Crippen molar-refractivity contribution in [2.45, 2.75) is 19.5 Å². The van der Waals surface area contributed by atoms with E-state index in [1.165, 1.54) is 11.4 Å². The highest BCUT2D eigenvalue weighted by Crippen LogP contribution is 2.42. The molecule has 0 amide bonds. The second-order valence-corrected chi connectivity index (χ2v) is 5.33. The number of aromatic nitrogens is 2. The number of alkyl halides is 3. The largest absolute Gasteiger partial charge is 0.426 e. The summed E-state index contributed by atoms with van der Waals surface area (Å²) in [7, 11) is 0. The van der Waals surface area contributed by atoms with Crippen molar-refractivity contribution in [3.63, 3.8) is 0 Å². The van der Waals surface area contributed by atoms with Gasteiger partial charge in [0.15, 0.2) is 0 Å². The number of thiophene rings is 1. The summed E-state index contributed by atoms with van der Waals surface area (Å²) in [6.45, 7) is 1.96. The first kappa shape index (κ1) is 13.2. The highest BCUT2D eigenvalue weighted by atomic mass is 32.1. The van der Waals surface area contributed by atoms with Crippen molar-refractivity contribution in [3.8, 4) is 11.1 Å². The molecule has 0 aliphatic rings. The van der Waals surface area contributed by atoms with E-state index in [2.05, 4.69) is 9.97 Å². The molecule has 20 heavy (non-hydrogen) atoms. The van der Waals surface area contributed by atoms with E-state index in [1.807, 2.05) is 19.1 Å². The van der Waals surface area contributed by atoms with Crippen LogP contribution >= 0.6 is 11.3 Å². The predicted molar refractivity (Wildman–Crippen MR) is 73.8 cm³/mol. The number of nitrogens with zero attached hydrogens (tertiary/aromatic N) is 1. The lowest BCUT2D eigenvalue weighted by atomic mass is 10.1. The number of hydrogen-bond donors (Lipinski definition) is 1. The minimum Gasteiger partial charge on any atom is -0.359 e. The van der Waals surface area contributed by atoms with Crippen LogP contribution in [0.1, 0.15) is 17.5 Å². The summed E-state index contributed by atoms with van der Waals surface area (Å²) >= 11 is 0.707. The molecule has 2 nitrogen and oxygen atoms in total. The maximum absolute atomic E-state index is 13.0. The molecule has 0 spiro atoms. The van der Waals surface area contributed by atoms with E-state index < -0.39 is 11.1 Å². The van der Waals surface area contributed by atoms with Crippen LogP contribution in [0.5, 0.6) is 0 Å². The van der Waals surface area contributed by atoms with E-state index in [0.717, 1.165) is 17.6 Å². The Bertz CT molecular complexity index is 755. The number of pyridine rings is 1. The van der Waals surface area contributed by atoms with E-state index in [9.17, 15) is 13.2 Å². The zero-order valence-electron chi connectivity index (χ0n) is 10.6. The molecule has 1 N–H and O–H groups in total. The second kappa shape index (κ2) is 4.63. The molecule has 3 rings (SSSR count). The van der Waals surface area contributed by atoms with Crippen molar-refractivity contribution in [1.29, 1.82) is 0 Å². The molecule has 3 heterocycles. The summed E-state index contributed by atoms with van der Waals surface area (Å²) in [6.07, 6.45) is -2.00. The van der Waals surface area contributed by atoms with E-state index >= 15 is 0 Å². The number of rotatable bonds is 2. The summed E-state index contributed by atoms with van der Waals surface area (Å²) in [4.78, 5) is 6.84. The lowest BCUT2D eigenvalue weighted by Crippen LogP contribution is -2.03. The molecule has 0 atom stereocenters. The number of fused-ring (bicyclic) bond motifs is 1. The number of aryl methyl sites for hydroxylation is 1. The lowest BCUT2D eigenvalue weighted by Gasteiger charge is -2.06. The fraction of sp³-hybridized carbons (Fsp3) is 0.214. The SMILES string of the molecule is CCc1ccc2[nH]cc(-c3ccsc3C(F)(F)F)c2n1. The van der Waals surface area contributed by atoms with Gasteiger partial charge in [0, 0.05) is 23.0 Å². The van der Waals surface area contributed by atoms with Gasteiger partial charge in [-0.15, -0.1) is 11.3 Å². The molecular weight excluding hydrogens is 285 g/mol. The van der Waals surface area contributed by atoms with Crippen molar-refractivity contribution in [3.05, 3.63) is 40.3 Å². The summed E-state index contributed by atoms with van der Waals surface area (Å²) in [6, 6.07) is 5.22. The quantitative estimate of drug-likeness (QED) is 0.718.